The molecule has 9 heteroatoms. The number of hydrogen-bond acceptors (Lipinski definition) is 5. The summed E-state index contributed by atoms with van der Waals surface area (Å²) in [4.78, 5) is 11.7. The van der Waals surface area contributed by atoms with Gasteiger partial charge in [-0.15, -0.1) is 0 Å². The molecule has 1 N–H and O–H groups in total. The fourth-order valence-corrected chi connectivity index (χ4v) is 3.98. The largest absolute Gasteiger partial charge is 0.484 e. The van der Waals surface area contributed by atoms with Gasteiger partial charge in [-0.05, 0) is 31.2 Å². The first-order valence-corrected chi connectivity index (χ1v) is 9.59. The summed E-state index contributed by atoms with van der Waals surface area (Å²) in [5.74, 6) is -0.0104. The second-order valence-electron chi connectivity index (χ2n) is 5.44. The average molecular weight is 377 g/mol. The van der Waals surface area contributed by atoms with Crippen LogP contribution in [0.2, 0.25) is 5.02 Å². The van der Waals surface area contributed by atoms with Crippen molar-refractivity contribution in [1.82, 2.24) is 9.62 Å². The first kappa shape index (κ1) is 19.0. The minimum absolute atomic E-state index is 0.0369. The van der Waals surface area contributed by atoms with Crippen LogP contribution in [0.1, 0.15) is 6.92 Å². The van der Waals surface area contributed by atoms with Crippen molar-refractivity contribution in [2.45, 2.75) is 13.0 Å². The summed E-state index contributed by atoms with van der Waals surface area (Å²) >= 11 is 5.76. The van der Waals surface area contributed by atoms with Gasteiger partial charge < -0.3 is 14.8 Å². The fourth-order valence-electron chi connectivity index (χ4n) is 2.29. The molecule has 1 aromatic rings. The number of sulfonamides is 1. The number of carbonyl (C=O) groups excluding carboxylic acids is 1. The molecule has 1 fully saturated rings. The van der Waals surface area contributed by atoms with Gasteiger partial charge in [0.05, 0.1) is 19.0 Å². The number of benzene rings is 1. The zero-order valence-electron chi connectivity index (χ0n) is 13.4. The van der Waals surface area contributed by atoms with E-state index in [2.05, 4.69) is 5.32 Å². The van der Waals surface area contributed by atoms with Crippen molar-refractivity contribution in [3.63, 3.8) is 0 Å². The third-order valence-corrected chi connectivity index (χ3v) is 5.76. The molecule has 1 heterocycles. The van der Waals surface area contributed by atoms with E-state index in [1.54, 1.807) is 31.2 Å². The number of halogens is 1. The number of nitrogens with zero attached hydrogens (tertiary/aromatic N) is 1. The summed E-state index contributed by atoms with van der Waals surface area (Å²) in [6.07, 6.45) is 0. The second kappa shape index (κ2) is 8.66. The summed E-state index contributed by atoms with van der Waals surface area (Å²) in [6, 6.07) is 6.43. The van der Waals surface area contributed by atoms with Gasteiger partial charge in [0.2, 0.25) is 10.0 Å². The van der Waals surface area contributed by atoms with Gasteiger partial charge in [0.15, 0.2) is 6.61 Å². The maximum absolute atomic E-state index is 12.3. The molecule has 1 amide bonds. The van der Waals surface area contributed by atoms with E-state index in [0.717, 1.165) is 0 Å². The van der Waals surface area contributed by atoms with Gasteiger partial charge in [0.25, 0.3) is 5.91 Å². The van der Waals surface area contributed by atoms with Crippen LogP contribution in [-0.2, 0) is 19.6 Å². The van der Waals surface area contributed by atoms with Gasteiger partial charge in [-0.3, -0.25) is 4.79 Å². The van der Waals surface area contributed by atoms with Crippen LogP contribution in [0.3, 0.4) is 0 Å². The Bertz CT molecular complexity index is 650. The number of carbonyl (C=O) groups is 1. The molecular formula is C15H21ClN2O5S. The van der Waals surface area contributed by atoms with Crippen LogP contribution in [0.15, 0.2) is 24.3 Å². The Morgan fingerprint density at radius 2 is 2.12 bits per heavy atom. The summed E-state index contributed by atoms with van der Waals surface area (Å²) in [7, 11) is -3.42. The van der Waals surface area contributed by atoms with Gasteiger partial charge in [-0.2, -0.15) is 4.31 Å². The average Bonchev–Trinajstić information content (AvgIpc) is 2.54. The molecule has 0 saturated carbocycles. The molecule has 0 spiro atoms. The molecule has 0 bridgehead atoms. The van der Waals surface area contributed by atoms with E-state index in [4.69, 9.17) is 21.1 Å². The van der Waals surface area contributed by atoms with Crippen molar-refractivity contribution in [2.24, 2.45) is 0 Å². The van der Waals surface area contributed by atoms with Gasteiger partial charge in [0.1, 0.15) is 5.75 Å². The molecule has 1 aromatic carbocycles. The number of hydrogen-bond donors (Lipinski definition) is 1. The van der Waals surface area contributed by atoms with Crippen molar-refractivity contribution in [1.29, 1.82) is 0 Å². The molecule has 0 aliphatic carbocycles. The minimum atomic E-state index is -3.42. The lowest BCUT2D eigenvalue weighted by Crippen LogP contribution is -2.49. The highest BCUT2D eigenvalue weighted by molar-refractivity contribution is 7.89. The summed E-state index contributed by atoms with van der Waals surface area (Å²) in [5, 5.41) is 3.13. The van der Waals surface area contributed by atoms with Crippen molar-refractivity contribution in [2.75, 3.05) is 38.7 Å². The van der Waals surface area contributed by atoms with Crippen LogP contribution >= 0.6 is 11.6 Å². The lowest BCUT2D eigenvalue weighted by atomic mass is 10.3. The topological polar surface area (TPSA) is 84.9 Å². The van der Waals surface area contributed by atoms with E-state index in [1.165, 1.54) is 4.31 Å². The van der Waals surface area contributed by atoms with Crippen LogP contribution in [0.25, 0.3) is 0 Å². The number of amides is 1. The maximum Gasteiger partial charge on any atom is 0.257 e. The van der Waals surface area contributed by atoms with E-state index in [1.807, 2.05) is 0 Å². The molecule has 1 unspecified atom stereocenters. The normalized spacial score (nSPS) is 19.0. The van der Waals surface area contributed by atoms with Crippen molar-refractivity contribution in [3.8, 4) is 5.75 Å². The zero-order valence-corrected chi connectivity index (χ0v) is 15.0. The quantitative estimate of drug-likeness (QED) is 0.763. The predicted molar refractivity (Wildman–Crippen MR) is 90.7 cm³/mol. The van der Waals surface area contributed by atoms with Crippen LogP contribution in [0, 0.1) is 0 Å². The third-order valence-electron chi connectivity index (χ3n) is 3.53. The van der Waals surface area contributed by atoms with Crippen molar-refractivity contribution >= 4 is 27.5 Å². The number of ether oxygens (including phenoxy) is 2. The van der Waals surface area contributed by atoms with Gasteiger partial charge in [-0.25, -0.2) is 8.42 Å². The zero-order chi connectivity index (χ0) is 17.6. The molecule has 134 valence electrons. The van der Waals surface area contributed by atoms with E-state index < -0.39 is 10.0 Å². The van der Waals surface area contributed by atoms with Crippen molar-refractivity contribution in [3.05, 3.63) is 29.3 Å². The molecule has 0 aromatic heterocycles. The predicted octanol–water partition coefficient (Wildman–Crippen LogP) is 0.886. The molecule has 1 saturated heterocycles. The van der Waals surface area contributed by atoms with Gasteiger partial charge in [0, 0.05) is 24.2 Å². The summed E-state index contributed by atoms with van der Waals surface area (Å²) in [6.45, 7) is 2.78. The highest BCUT2D eigenvalue weighted by Gasteiger charge is 2.29. The molecule has 24 heavy (non-hydrogen) atoms. The molecule has 1 aliphatic rings. The Labute approximate surface area is 146 Å². The fraction of sp³-hybridized carbons (Fsp3) is 0.533. The molecular weight excluding hydrogens is 356 g/mol. The summed E-state index contributed by atoms with van der Waals surface area (Å²) in [5.41, 5.74) is 0. The van der Waals surface area contributed by atoms with E-state index in [9.17, 15) is 13.2 Å². The highest BCUT2D eigenvalue weighted by atomic mass is 35.5. The first-order chi connectivity index (χ1) is 11.4. The summed E-state index contributed by atoms with van der Waals surface area (Å²) < 4.78 is 36.5. The van der Waals surface area contributed by atoms with Crippen molar-refractivity contribution < 1.29 is 22.7 Å². The third kappa shape index (κ3) is 5.62. The first-order valence-electron chi connectivity index (χ1n) is 7.61. The minimum Gasteiger partial charge on any atom is -0.484 e. The van der Waals surface area contributed by atoms with Gasteiger partial charge in [-0.1, -0.05) is 11.6 Å². The Kier molecular flexibility index (Phi) is 6.85. The highest BCUT2D eigenvalue weighted by Crippen LogP contribution is 2.15. The van der Waals surface area contributed by atoms with Crippen LogP contribution in [-0.4, -0.2) is 63.3 Å². The molecule has 1 aliphatic heterocycles. The lowest BCUT2D eigenvalue weighted by Gasteiger charge is -2.32. The SMILES string of the molecule is CC1COCCN1S(=O)(=O)CCNC(=O)COc1ccc(Cl)cc1. The number of nitrogens with one attached hydrogen (secondary N) is 1. The Balaban J connectivity index is 1.72. The maximum atomic E-state index is 12.3. The standard InChI is InChI=1S/C15H21ClN2O5S/c1-12-10-22-8-7-18(12)24(20,21)9-6-17-15(19)11-23-14-4-2-13(16)3-5-14/h2-5,12H,6-11H2,1H3,(H,17,19). The number of morpholine rings is 1. The smallest absolute Gasteiger partial charge is 0.257 e. The molecule has 7 nitrogen and oxygen atoms in total. The molecule has 1 atom stereocenters. The Morgan fingerprint density at radius 3 is 2.79 bits per heavy atom. The Hall–Kier alpha value is -1.35. The lowest BCUT2D eigenvalue weighted by molar-refractivity contribution is -0.122. The Morgan fingerprint density at radius 1 is 1.42 bits per heavy atom. The van der Waals surface area contributed by atoms with Crippen LogP contribution in [0.5, 0.6) is 5.75 Å². The van der Waals surface area contributed by atoms with E-state index in [0.29, 0.717) is 30.5 Å². The van der Waals surface area contributed by atoms with E-state index in [-0.39, 0.29) is 30.9 Å². The molecule has 2 rings (SSSR count). The van der Waals surface area contributed by atoms with E-state index >= 15 is 0 Å². The number of rotatable bonds is 7. The molecule has 0 radical (unpaired) electrons. The van der Waals surface area contributed by atoms with Gasteiger partial charge >= 0.3 is 0 Å². The monoisotopic (exact) mass is 376 g/mol. The van der Waals surface area contributed by atoms with Crippen LogP contribution in [0.4, 0.5) is 0 Å². The second-order valence-corrected chi connectivity index (χ2v) is 7.92. The van der Waals surface area contributed by atoms with Crippen LogP contribution < -0.4 is 10.1 Å².